The molecule has 0 aromatic carbocycles. The van der Waals surface area contributed by atoms with Crippen LogP contribution in [0, 0.1) is 6.92 Å². The maximum Gasteiger partial charge on any atom is 0.118 e. The Morgan fingerprint density at radius 1 is 1.44 bits per heavy atom. The van der Waals surface area contributed by atoms with Crippen LogP contribution in [0.3, 0.4) is 0 Å². The van der Waals surface area contributed by atoms with E-state index < -0.39 is 0 Å². The van der Waals surface area contributed by atoms with Gasteiger partial charge >= 0.3 is 0 Å². The van der Waals surface area contributed by atoms with E-state index in [1.807, 2.05) is 0 Å². The highest BCUT2D eigenvalue weighted by molar-refractivity contribution is 5.20. The lowest BCUT2D eigenvalue weighted by Gasteiger charge is -2.21. The van der Waals surface area contributed by atoms with E-state index in [0.29, 0.717) is 0 Å². The predicted octanol–water partition coefficient (Wildman–Crippen LogP) is 3.07. The van der Waals surface area contributed by atoms with Crippen LogP contribution in [-0.2, 0) is 13.1 Å². The van der Waals surface area contributed by atoms with Crippen molar-refractivity contribution >= 4 is 0 Å². The Kier molecular flexibility index (Phi) is 4.84. The van der Waals surface area contributed by atoms with E-state index in [-0.39, 0.29) is 0 Å². The molecule has 1 atom stereocenters. The van der Waals surface area contributed by atoms with E-state index in [9.17, 15) is 0 Å². The molecular weight excluding hydrogens is 224 g/mol. The molecule has 0 amide bonds. The van der Waals surface area contributed by atoms with Crippen LogP contribution in [0.2, 0.25) is 0 Å². The predicted molar refractivity (Wildman–Crippen MR) is 74.5 cm³/mol. The average molecular weight is 250 g/mol. The lowest BCUT2D eigenvalue weighted by Crippen LogP contribution is -2.27. The van der Waals surface area contributed by atoms with Crippen LogP contribution in [0.15, 0.2) is 10.5 Å². The first-order valence-corrected chi connectivity index (χ1v) is 7.27. The van der Waals surface area contributed by atoms with Crippen molar-refractivity contribution in [3.05, 3.63) is 23.2 Å². The van der Waals surface area contributed by atoms with Crippen LogP contribution in [-0.4, -0.2) is 24.0 Å². The largest absolute Gasteiger partial charge is 0.465 e. The summed E-state index contributed by atoms with van der Waals surface area (Å²) >= 11 is 0. The summed E-state index contributed by atoms with van der Waals surface area (Å²) in [6.07, 6.45) is 3.94. The maximum atomic E-state index is 5.88. The van der Waals surface area contributed by atoms with Crippen molar-refractivity contribution in [3.63, 3.8) is 0 Å². The Morgan fingerprint density at radius 3 is 3.00 bits per heavy atom. The molecule has 3 heteroatoms. The summed E-state index contributed by atoms with van der Waals surface area (Å²) in [4.78, 5) is 2.56. The van der Waals surface area contributed by atoms with E-state index in [0.717, 1.165) is 37.2 Å². The third-order valence-corrected chi connectivity index (χ3v) is 3.97. The number of nitrogens with zero attached hydrogens (tertiary/aromatic N) is 1. The Balaban J connectivity index is 1.96. The quantitative estimate of drug-likeness (QED) is 0.841. The highest BCUT2D eigenvalue weighted by atomic mass is 16.3. The van der Waals surface area contributed by atoms with E-state index in [1.165, 1.54) is 31.4 Å². The van der Waals surface area contributed by atoms with Crippen molar-refractivity contribution in [2.24, 2.45) is 0 Å². The number of rotatable bonds is 6. The normalized spacial score (nSPS) is 20.7. The second-order valence-corrected chi connectivity index (χ2v) is 5.25. The second-order valence-electron chi connectivity index (χ2n) is 5.25. The van der Waals surface area contributed by atoms with Gasteiger partial charge in [0.15, 0.2) is 0 Å². The SMILES string of the molecule is CCNCc1cc(CN2CCCC2CC)oc1C. The fraction of sp³-hybridized carbons (Fsp3) is 0.733. The van der Waals surface area contributed by atoms with E-state index >= 15 is 0 Å². The van der Waals surface area contributed by atoms with E-state index in [1.54, 1.807) is 0 Å². The van der Waals surface area contributed by atoms with Gasteiger partial charge in [-0.05, 0) is 45.3 Å². The third kappa shape index (κ3) is 3.15. The summed E-state index contributed by atoms with van der Waals surface area (Å²) in [6, 6.07) is 2.98. The summed E-state index contributed by atoms with van der Waals surface area (Å²) < 4.78 is 5.88. The molecular formula is C15H26N2O. The van der Waals surface area contributed by atoms with Gasteiger partial charge in [0, 0.05) is 18.2 Å². The van der Waals surface area contributed by atoms with Crippen molar-refractivity contribution < 1.29 is 4.42 Å². The topological polar surface area (TPSA) is 28.4 Å². The van der Waals surface area contributed by atoms with Gasteiger partial charge in [0.25, 0.3) is 0 Å². The zero-order chi connectivity index (χ0) is 13.0. The minimum absolute atomic E-state index is 0.757. The maximum absolute atomic E-state index is 5.88. The van der Waals surface area contributed by atoms with Gasteiger partial charge in [-0.15, -0.1) is 0 Å². The number of furan rings is 1. The van der Waals surface area contributed by atoms with Gasteiger partial charge in [0.2, 0.25) is 0 Å². The molecule has 0 aliphatic carbocycles. The fourth-order valence-electron chi connectivity index (χ4n) is 2.87. The monoisotopic (exact) mass is 250 g/mol. The third-order valence-electron chi connectivity index (χ3n) is 3.97. The Morgan fingerprint density at radius 2 is 2.28 bits per heavy atom. The highest BCUT2D eigenvalue weighted by Crippen LogP contribution is 2.24. The Hall–Kier alpha value is -0.800. The molecule has 3 nitrogen and oxygen atoms in total. The molecule has 1 N–H and O–H groups in total. The minimum Gasteiger partial charge on any atom is -0.465 e. The molecule has 1 aromatic heterocycles. The van der Waals surface area contributed by atoms with Crippen LogP contribution in [0.4, 0.5) is 0 Å². The smallest absolute Gasteiger partial charge is 0.118 e. The van der Waals surface area contributed by atoms with E-state index in [4.69, 9.17) is 4.42 Å². The molecule has 102 valence electrons. The van der Waals surface area contributed by atoms with Crippen molar-refractivity contribution in [1.29, 1.82) is 0 Å². The van der Waals surface area contributed by atoms with Crippen molar-refractivity contribution in [2.45, 2.75) is 59.2 Å². The molecule has 1 saturated heterocycles. The second kappa shape index (κ2) is 6.39. The Bertz CT molecular complexity index is 373. The lowest BCUT2D eigenvalue weighted by atomic mass is 10.1. The van der Waals surface area contributed by atoms with Gasteiger partial charge < -0.3 is 9.73 Å². The molecule has 18 heavy (non-hydrogen) atoms. The highest BCUT2D eigenvalue weighted by Gasteiger charge is 2.23. The molecule has 0 radical (unpaired) electrons. The fourth-order valence-corrected chi connectivity index (χ4v) is 2.87. The molecule has 1 aliphatic rings. The Labute approximate surface area is 111 Å². The first-order valence-electron chi connectivity index (χ1n) is 7.27. The molecule has 0 saturated carbocycles. The number of nitrogens with one attached hydrogen (secondary N) is 1. The number of hydrogen-bond donors (Lipinski definition) is 1. The molecule has 1 unspecified atom stereocenters. The van der Waals surface area contributed by atoms with Gasteiger partial charge in [-0.1, -0.05) is 13.8 Å². The number of hydrogen-bond acceptors (Lipinski definition) is 3. The zero-order valence-corrected chi connectivity index (χ0v) is 12.0. The number of likely N-dealkylation sites (tertiary alicyclic amines) is 1. The first-order chi connectivity index (χ1) is 8.74. The molecule has 0 bridgehead atoms. The van der Waals surface area contributed by atoms with Crippen molar-refractivity contribution in [3.8, 4) is 0 Å². The van der Waals surface area contributed by atoms with Gasteiger partial charge in [-0.2, -0.15) is 0 Å². The molecule has 2 rings (SSSR count). The summed E-state index contributed by atoms with van der Waals surface area (Å²) in [7, 11) is 0. The molecule has 1 aliphatic heterocycles. The van der Waals surface area contributed by atoms with Crippen LogP contribution in [0.1, 0.15) is 50.2 Å². The summed E-state index contributed by atoms with van der Waals surface area (Å²) in [6.45, 7) is 10.6. The van der Waals surface area contributed by atoms with Crippen LogP contribution < -0.4 is 5.32 Å². The summed E-state index contributed by atoms with van der Waals surface area (Å²) in [5, 5.41) is 3.36. The summed E-state index contributed by atoms with van der Waals surface area (Å²) in [5.41, 5.74) is 1.30. The van der Waals surface area contributed by atoms with Gasteiger partial charge in [0.05, 0.1) is 6.54 Å². The van der Waals surface area contributed by atoms with Crippen LogP contribution in [0.25, 0.3) is 0 Å². The molecule has 1 aromatic rings. The summed E-state index contributed by atoms with van der Waals surface area (Å²) in [5.74, 6) is 2.19. The first kappa shape index (κ1) is 13.6. The van der Waals surface area contributed by atoms with Crippen molar-refractivity contribution in [2.75, 3.05) is 13.1 Å². The molecule has 2 heterocycles. The minimum atomic E-state index is 0.757. The van der Waals surface area contributed by atoms with Crippen molar-refractivity contribution in [1.82, 2.24) is 10.2 Å². The zero-order valence-electron chi connectivity index (χ0n) is 12.0. The number of aryl methyl sites for hydroxylation is 1. The van der Waals surface area contributed by atoms with E-state index in [2.05, 4.69) is 37.1 Å². The standard InChI is InChI=1S/C15H26N2O/c1-4-14-7-6-8-17(14)11-15-9-13(10-16-5-2)12(3)18-15/h9,14,16H,4-8,10-11H2,1-3H3. The van der Waals surface area contributed by atoms with Gasteiger partial charge in [-0.25, -0.2) is 0 Å². The lowest BCUT2D eigenvalue weighted by molar-refractivity contribution is 0.220. The average Bonchev–Trinajstić information content (AvgIpc) is 2.94. The van der Waals surface area contributed by atoms with Gasteiger partial charge in [-0.3, -0.25) is 4.90 Å². The molecule has 0 spiro atoms. The van der Waals surface area contributed by atoms with Crippen LogP contribution in [0.5, 0.6) is 0 Å². The van der Waals surface area contributed by atoms with Gasteiger partial charge in [0.1, 0.15) is 11.5 Å². The molecule has 1 fully saturated rings. The van der Waals surface area contributed by atoms with Crippen LogP contribution >= 0.6 is 0 Å².